The Labute approximate surface area is 56.4 Å². The quantitative estimate of drug-likeness (QED) is 0.490. The summed E-state index contributed by atoms with van der Waals surface area (Å²) in [4.78, 5) is 0. The van der Waals surface area contributed by atoms with Crippen LogP contribution in [0.3, 0.4) is 0 Å². The lowest BCUT2D eigenvalue weighted by Crippen LogP contribution is -2.15. The normalized spacial score (nSPS) is 36.1. The van der Waals surface area contributed by atoms with E-state index in [2.05, 4.69) is 13.0 Å². The molecule has 1 aliphatic carbocycles. The maximum Gasteiger partial charge on any atom is 0.0747 e. The molecule has 0 amide bonds. The highest BCUT2D eigenvalue weighted by molar-refractivity contribution is 5.09. The van der Waals surface area contributed by atoms with Crippen molar-refractivity contribution < 1.29 is 5.11 Å². The number of aliphatic hydroxyl groups is 1. The molecule has 1 heteroatoms. The summed E-state index contributed by atoms with van der Waals surface area (Å²) in [6.07, 6.45) is 4.09. The molecule has 0 spiro atoms. The van der Waals surface area contributed by atoms with Crippen molar-refractivity contribution in [1.82, 2.24) is 0 Å². The maximum atomic E-state index is 9.23. The second-order valence-electron chi connectivity index (χ2n) is 2.98. The van der Waals surface area contributed by atoms with E-state index >= 15 is 0 Å². The number of hydrogen-bond donors (Lipinski definition) is 1. The van der Waals surface area contributed by atoms with Gasteiger partial charge in [-0.1, -0.05) is 13.0 Å². The molecule has 1 rings (SSSR count). The topological polar surface area (TPSA) is 20.2 Å². The van der Waals surface area contributed by atoms with E-state index in [1.807, 2.05) is 6.92 Å². The van der Waals surface area contributed by atoms with Gasteiger partial charge in [-0.05, 0) is 31.3 Å². The molecular formula is C8H14O. The van der Waals surface area contributed by atoms with E-state index in [4.69, 9.17) is 0 Å². The Kier molecular flexibility index (Phi) is 1.91. The van der Waals surface area contributed by atoms with Gasteiger partial charge in [0.15, 0.2) is 0 Å². The van der Waals surface area contributed by atoms with Crippen LogP contribution >= 0.6 is 0 Å². The lowest BCUT2D eigenvalue weighted by Gasteiger charge is -2.20. The minimum absolute atomic E-state index is 0.152. The average molecular weight is 126 g/mol. The smallest absolute Gasteiger partial charge is 0.0747 e. The second-order valence-corrected chi connectivity index (χ2v) is 2.98. The molecule has 0 saturated heterocycles. The molecule has 0 aromatic heterocycles. The third kappa shape index (κ3) is 1.55. The first-order chi connectivity index (χ1) is 4.20. The van der Waals surface area contributed by atoms with Crippen LogP contribution in [0.15, 0.2) is 11.6 Å². The fourth-order valence-corrected chi connectivity index (χ4v) is 1.29. The molecule has 1 N–H and O–H groups in total. The summed E-state index contributed by atoms with van der Waals surface area (Å²) < 4.78 is 0. The molecule has 9 heavy (non-hydrogen) atoms. The fourth-order valence-electron chi connectivity index (χ4n) is 1.29. The lowest BCUT2D eigenvalue weighted by molar-refractivity contribution is 0.183. The molecule has 0 aliphatic heterocycles. The SMILES string of the molecule is CC1=CC(C)CCC1O. The predicted octanol–water partition coefficient (Wildman–Crippen LogP) is 1.72. The zero-order valence-corrected chi connectivity index (χ0v) is 6.09. The Bertz CT molecular complexity index is 127. The first kappa shape index (κ1) is 6.81. The van der Waals surface area contributed by atoms with Crippen LogP contribution < -0.4 is 0 Å². The zero-order valence-electron chi connectivity index (χ0n) is 6.09. The van der Waals surface area contributed by atoms with Gasteiger partial charge in [-0.15, -0.1) is 0 Å². The van der Waals surface area contributed by atoms with E-state index in [0.29, 0.717) is 5.92 Å². The Morgan fingerprint density at radius 3 is 2.67 bits per heavy atom. The molecule has 1 aliphatic rings. The number of hydrogen-bond acceptors (Lipinski definition) is 1. The third-order valence-electron chi connectivity index (χ3n) is 1.97. The number of aliphatic hydroxyl groups excluding tert-OH is 1. The van der Waals surface area contributed by atoms with Crippen LogP contribution in [0.25, 0.3) is 0 Å². The van der Waals surface area contributed by atoms with Crippen molar-refractivity contribution in [3.05, 3.63) is 11.6 Å². The number of rotatable bonds is 0. The van der Waals surface area contributed by atoms with Gasteiger partial charge in [-0.25, -0.2) is 0 Å². The van der Waals surface area contributed by atoms with Crippen LogP contribution in [0.2, 0.25) is 0 Å². The third-order valence-corrected chi connectivity index (χ3v) is 1.97. The van der Waals surface area contributed by atoms with Crippen LogP contribution in [0, 0.1) is 5.92 Å². The second kappa shape index (κ2) is 2.53. The van der Waals surface area contributed by atoms with Crippen molar-refractivity contribution >= 4 is 0 Å². The van der Waals surface area contributed by atoms with Gasteiger partial charge in [0.2, 0.25) is 0 Å². The summed E-state index contributed by atoms with van der Waals surface area (Å²) in [6.45, 7) is 4.19. The zero-order chi connectivity index (χ0) is 6.85. The van der Waals surface area contributed by atoms with Gasteiger partial charge in [0.05, 0.1) is 6.10 Å². The van der Waals surface area contributed by atoms with Crippen LogP contribution in [-0.4, -0.2) is 11.2 Å². The summed E-state index contributed by atoms with van der Waals surface area (Å²) in [5.74, 6) is 0.674. The van der Waals surface area contributed by atoms with Crippen LogP contribution in [0.4, 0.5) is 0 Å². The molecule has 0 aromatic carbocycles. The summed E-state index contributed by atoms with van der Waals surface area (Å²) in [5.41, 5.74) is 1.15. The number of allylic oxidation sites excluding steroid dienone is 1. The summed E-state index contributed by atoms with van der Waals surface area (Å²) in [7, 11) is 0. The first-order valence-corrected chi connectivity index (χ1v) is 3.56. The van der Waals surface area contributed by atoms with Gasteiger partial charge in [0, 0.05) is 0 Å². The molecule has 52 valence electrons. The molecular weight excluding hydrogens is 112 g/mol. The van der Waals surface area contributed by atoms with Crippen molar-refractivity contribution in [2.24, 2.45) is 5.92 Å². The summed E-state index contributed by atoms with van der Waals surface area (Å²) in [5, 5.41) is 9.23. The van der Waals surface area contributed by atoms with Crippen molar-refractivity contribution in [3.8, 4) is 0 Å². The van der Waals surface area contributed by atoms with Gasteiger partial charge in [-0.2, -0.15) is 0 Å². The molecule has 0 saturated carbocycles. The minimum atomic E-state index is -0.152. The van der Waals surface area contributed by atoms with Crippen LogP contribution in [0.1, 0.15) is 26.7 Å². The highest BCUT2D eigenvalue weighted by Gasteiger charge is 2.14. The molecule has 0 aromatic rings. The lowest BCUT2D eigenvalue weighted by atomic mass is 9.91. The average Bonchev–Trinajstić information content (AvgIpc) is 1.80. The van der Waals surface area contributed by atoms with Crippen molar-refractivity contribution in [2.75, 3.05) is 0 Å². The van der Waals surface area contributed by atoms with Gasteiger partial charge in [0.1, 0.15) is 0 Å². The molecule has 0 heterocycles. The van der Waals surface area contributed by atoms with Crippen LogP contribution in [-0.2, 0) is 0 Å². The van der Waals surface area contributed by atoms with E-state index in [1.54, 1.807) is 0 Å². The first-order valence-electron chi connectivity index (χ1n) is 3.56. The monoisotopic (exact) mass is 126 g/mol. The van der Waals surface area contributed by atoms with E-state index in [0.717, 1.165) is 18.4 Å². The van der Waals surface area contributed by atoms with E-state index in [1.165, 1.54) is 0 Å². The molecule has 1 nitrogen and oxygen atoms in total. The van der Waals surface area contributed by atoms with Gasteiger partial charge >= 0.3 is 0 Å². The molecule has 2 atom stereocenters. The largest absolute Gasteiger partial charge is 0.389 e. The maximum absolute atomic E-state index is 9.23. The van der Waals surface area contributed by atoms with E-state index in [-0.39, 0.29) is 6.10 Å². The summed E-state index contributed by atoms with van der Waals surface area (Å²) in [6, 6.07) is 0. The van der Waals surface area contributed by atoms with Gasteiger partial charge in [0.25, 0.3) is 0 Å². The Morgan fingerprint density at radius 1 is 1.56 bits per heavy atom. The van der Waals surface area contributed by atoms with E-state index < -0.39 is 0 Å². The minimum Gasteiger partial charge on any atom is -0.389 e. The molecule has 2 unspecified atom stereocenters. The predicted molar refractivity (Wildman–Crippen MR) is 38.2 cm³/mol. The molecule has 0 fully saturated rings. The molecule has 0 radical (unpaired) electrons. The molecule has 0 bridgehead atoms. The standard InChI is InChI=1S/C8H14O/c1-6-3-4-8(9)7(2)5-6/h5-6,8-9H,3-4H2,1-2H3. The highest BCUT2D eigenvalue weighted by atomic mass is 16.3. The van der Waals surface area contributed by atoms with Crippen molar-refractivity contribution in [2.45, 2.75) is 32.8 Å². The van der Waals surface area contributed by atoms with Gasteiger partial charge in [-0.3, -0.25) is 0 Å². The Balaban J connectivity index is 2.61. The summed E-state index contributed by atoms with van der Waals surface area (Å²) >= 11 is 0. The van der Waals surface area contributed by atoms with E-state index in [9.17, 15) is 5.11 Å². The van der Waals surface area contributed by atoms with Crippen molar-refractivity contribution in [3.63, 3.8) is 0 Å². The fraction of sp³-hybridized carbons (Fsp3) is 0.750. The van der Waals surface area contributed by atoms with Gasteiger partial charge < -0.3 is 5.11 Å². The van der Waals surface area contributed by atoms with Crippen LogP contribution in [0.5, 0.6) is 0 Å². The highest BCUT2D eigenvalue weighted by Crippen LogP contribution is 2.21. The Hall–Kier alpha value is -0.300. The Morgan fingerprint density at radius 2 is 2.22 bits per heavy atom. The van der Waals surface area contributed by atoms with Crippen molar-refractivity contribution in [1.29, 1.82) is 0 Å².